The van der Waals surface area contributed by atoms with Crippen molar-refractivity contribution in [3.05, 3.63) is 29.3 Å². The summed E-state index contributed by atoms with van der Waals surface area (Å²) in [4.78, 5) is 14.2. The fourth-order valence-corrected chi connectivity index (χ4v) is 3.32. The van der Waals surface area contributed by atoms with Crippen LogP contribution in [0.1, 0.15) is 32.6 Å². The molecule has 1 aromatic rings. The minimum Gasteiger partial charge on any atom is -0.493 e. The number of carbonyl (C=O) groups excluding carboxylic acids is 1. The summed E-state index contributed by atoms with van der Waals surface area (Å²) in [7, 11) is 1.88. The van der Waals surface area contributed by atoms with Gasteiger partial charge in [0.15, 0.2) is 0 Å². The van der Waals surface area contributed by atoms with Crippen molar-refractivity contribution < 1.29 is 9.53 Å². The van der Waals surface area contributed by atoms with E-state index in [0.29, 0.717) is 29.9 Å². The summed E-state index contributed by atoms with van der Waals surface area (Å²) in [5.74, 6) is 2.07. The summed E-state index contributed by atoms with van der Waals surface area (Å²) in [6, 6.07) is 7.38. The molecule has 1 aliphatic rings. The van der Waals surface area contributed by atoms with Crippen LogP contribution in [0, 0.1) is 11.8 Å². The standard InChI is InChI=1S/C19H29ClN2O2.ClH/c1-15(16-6-4-9-21-14-16)12-19(23)22(2)10-5-11-24-18-8-3-7-17(20)13-18;/h3,7-8,13,15-16,21H,4-6,9-12,14H2,1-2H3;1H. The van der Waals surface area contributed by atoms with Gasteiger partial charge in [-0.2, -0.15) is 0 Å². The van der Waals surface area contributed by atoms with Gasteiger partial charge in [0.25, 0.3) is 0 Å². The molecule has 1 N–H and O–H groups in total. The van der Waals surface area contributed by atoms with E-state index in [1.807, 2.05) is 30.1 Å². The molecule has 1 aliphatic heterocycles. The van der Waals surface area contributed by atoms with Gasteiger partial charge in [0.2, 0.25) is 5.91 Å². The molecule has 1 fully saturated rings. The minimum atomic E-state index is 0. The minimum absolute atomic E-state index is 0. The van der Waals surface area contributed by atoms with Crippen molar-refractivity contribution in [2.24, 2.45) is 11.8 Å². The molecular weight excluding hydrogens is 359 g/mol. The van der Waals surface area contributed by atoms with Crippen LogP contribution < -0.4 is 10.1 Å². The number of ether oxygens (including phenoxy) is 1. The molecule has 2 unspecified atom stereocenters. The Bertz CT molecular complexity index is 522. The summed E-state index contributed by atoms with van der Waals surface area (Å²) in [6.45, 7) is 5.66. The highest BCUT2D eigenvalue weighted by molar-refractivity contribution is 6.30. The van der Waals surface area contributed by atoms with E-state index in [0.717, 1.165) is 31.8 Å². The maximum Gasteiger partial charge on any atom is 0.222 e. The maximum atomic E-state index is 12.4. The van der Waals surface area contributed by atoms with Gasteiger partial charge < -0.3 is 15.0 Å². The van der Waals surface area contributed by atoms with Gasteiger partial charge in [-0.05, 0) is 62.4 Å². The number of hydrogen-bond acceptors (Lipinski definition) is 3. The lowest BCUT2D eigenvalue weighted by Gasteiger charge is -2.29. The molecule has 0 aliphatic carbocycles. The van der Waals surface area contributed by atoms with Crippen molar-refractivity contribution in [2.45, 2.75) is 32.6 Å². The molecule has 2 atom stereocenters. The molecule has 2 rings (SSSR count). The van der Waals surface area contributed by atoms with E-state index < -0.39 is 0 Å². The Hall–Kier alpha value is -0.970. The number of halogens is 2. The summed E-state index contributed by atoms with van der Waals surface area (Å²) in [6.07, 6.45) is 3.91. The molecule has 142 valence electrons. The van der Waals surface area contributed by atoms with Crippen LogP contribution in [0.3, 0.4) is 0 Å². The van der Waals surface area contributed by atoms with Crippen LogP contribution in [-0.4, -0.2) is 44.1 Å². The maximum absolute atomic E-state index is 12.4. The van der Waals surface area contributed by atoms with E-state index in [2.05, 4.69) is 12.2 Å². The van der Waals surface area contributed by atoms with Crippen molar-refractivity contribution in [3.8, 4) is 5.75 Å². The zero-order valence-corrected chi connectivity index (χ0v) is 16.7. The van der Waals surface area contributed by atoms with Crippen molar-refractivity contribution >= 4 is 29.9 Å². The predicted molar refractivity (Wildman–Crippen MR) is 106 cm³/mol. The molecule has 6 heteroatoms. The van der Waals surface area contributed by atoms with Crippen LogP contribution in [0.15, 0.2) is 24.3 Å². The van der Waals surface area contributed by atoms with Crippen LogP contribution in [0.2, 0.25) is 5.02 Å². The number of amides is 1. The largest absolute Gasteiger partial charge is 0.493 e. The van der Waals surface area contributed by atoms with Crippen molar-refractivity contribution in [2.75, 3.05) is 33.3 Å². The van der Waals surface area contributed by atoms with Gasteiger partial charge >= 0.3 is 0 Å². The van der Waals surface area contributed by atoms with Crippen molar-refractivity contribution in [1.29, 1.82) is 0 Å². The number of benzene rings is 1. The Morgan fingerprint density at radius 1 is 1.48 bits per heavy atom. The molecule has 1 heterocycles. The Morgan fingerprint density at radius 3 is 2.96 bits per heavy atom. The van der Waals surface area contributed by atoms with Crippen LogP contribution in [0.4, 0.5) is 0 Å². The topological polar surface area (TPSA) is 41.6 Å². The highest BCUT2D eigenvalue weighted by Gasteiger charge is 2.23. The molecule has 0 spiro atoms. The van der Waals surface area contributed by atoms with Crippen molar-refractivity contribution in [1.82, 2.24) is 10.2 Å². The van der Waals surface area contributed by atoms with Crippen LogP contribution in [-0.2, 0) is 4.79 Å². The number of carbonyl (C=O) groups is 1. The first-order valence-corrected chi connectivity index (χ1v) is 9.27. The third-order valence-electron chi connectivity index (χ3n) is 4.76. The summed E-state index contributed by atoms with van der Waals surface area (Å²) >= 11 is 5.92. The van der Waals surface area contributed by atoms with Gasteiger partial charge in [-0.15, -0.1) is 12.4 Å². The molecule has 4 nitrogen and oxygen atoms in total. The van der Waals surface area contributed by atoms with Gasteiger partial charge in [0, 0.05) is 25.0 Å². The lowest BCUT2D eigenvalue weighted by molar-refractivity contribution is -0.131. The predicted octanol–water partition coefficient (Wildman–Crippen LogP) is 4.01. The van der Waals surface area contributed by atoms with Gasteiger partial charge in [-0.3, -0.25) is 4.79 Å². The van der Waals surface area contributed by atoms with Gasteiger partial charge in [0.1, 0.15) is 5.75 Å². The van der Waals surface area contributed by atoms with E-state index in [4.69, 9.17) is 16.3 Å². The van der Waals surface area contributed by atoms with Gasteiger partial charge in [0.05, 0.1) is 6.61 Å². The summed E-state index contributed by atoms with van der Waals surface area (Å²) in [5, 5.41) is 4.10. The molecule has 0 bridgehead atoms. The van der Waals surface area contributed by atoms with E-state index in [-0.39, 0.29) is 18.3 Å². The second kappa shape index (κ2) is 11.6. The summed E-state index contributed by atoms with van der Waals surface area (Å²) < 4.78 is 5.66. The normalized spacial score (nSPS) is 18.1. The second-order valence-corrected chi connectivity index (χ2v) is 7.20. The molecule has 0 aromatic heterocycles. The Balaban J connectivity index is 0.00000312. The quantitative estimate of drug-likeness (QED) is 0.683. The molecule has 1 amide bonds. The SMILES string of the molecule is CC(CC(=O)N(C)CCCOc1cccc(Cl)c1)C1CCCNC1.Cl. The number of nitrogens with zero attached hydrogens (tertiary/aromatic N) is 1. The molecular formula is C19H30Cl2N2O2. The van der Waals surface area contributed by atoms with E-state index in [1.54, 1.807) is 6.07 Å². The fourth-order valence-electron chi connectivity index (χ4n) is 3.14. The average Bonchev–Trinajstić information content (AvgIpc) is 2.59. The van der Waals surface area contributed by atoms with E-state index >= 15 is 0 Å². The number of rotatable bonds is 8. The fraction of sp³-hybridized carbons (Fsp3) is 0.632. The average molecular weight is 389 g/mol. The van der Waals surface area contributed by atoms with Crippen molar-refractivity contribution in [3.63, 3.8) is 0 Å². The highest BCUT2D eigenvalue weighted by atomic mass is 35.5. The lowest BCUT2D eigenvalue weighted by Crippen LogP contribution is -2.36. The highest BCUT2D eigenvalue weighted by Crippen LogP contribution is 2.23. The number of piperidine rings is 1. The van der Waals surface area contributed by atoms with E-state index in [9.17, 15) is 4.79 Å². The first kappa shape index (κ1) is 22.1. The first-order valence-electron chi connectivity index (χ1n) is 8.89. The molecule has 25 heavy (non-hydrogen) atoms. The molecule has 1 saturated heterocycles. The van der Waals surface area contributed by atoms with Crippen LogP contribution in [0.5, 0.6) is 5.75 Å². The smallest absolute Gasteiger partial charge is 0.222 e. The zero-order chi connectivity index (χ0) is 17.4. The second-order valence-electron chi connectivity index (χ2n) is 6.76. The lowest BCUT2D eigenvalue weighted by atomic mass is 9.85. The third kappa shape index (κ3) is 7.85. The molecule has 1 aromatic carbocycles. The zero-order valence-electron chi connectivity index (χ0n) is 15.2. The summed E-state index contributed by atoms with van der Waals surface area (Å²) in [5.41, 5.74) is 0. The third-order valence-corrected chi connectivity index (χ3v) is 5.00. The Morgan fingerprint density at radius 2 is 2.28 bits per heavy atom. The number of hydrogen-bond donors (Lipinski definition) is 1. The monoisotopic (exact) mass is 388 g/mol. The van der Waals surface area contributed by atoms with Gasteiger partial charge in [-0.1, -0.05) is 24.6 Å². The van der Waals surface area contributed by atoms with Gasteiger partial charge in [-0.25, -0.2) is 0 Å². The number of nitrogens with one attached hydrogen (secondary N) is 1. The van der Waals surface area contributed by atoms with E-state index in [1.165, 1.54) is 12.8 Å². The Kier molecular flexibility index (Phi) is 10.2. The molecule has 0 radical (unpaired) electrons. The van der Waals surface area contributed by atoms with Crippen LogP contribution in [0.25, 0.3) is 0 Å². The first-order chi connectivity index (χ1) is 11.6. The Labute approximate surface area is 162 Å². The molecule has 0 saturated carbocycles. The van der Waals surface area contributed by atoms with Crippen LogP contribution >= 0.6 is 24.0 Å².